The van der Waals surface area contributed by atoms with Crippen LogP contribution in [0.3, 0.4) is 0 Å². The molecule has 1 rings (SSSR count). The maximum absolute atomic E-state index is 11.7. The van der Waals surface area contributed by atoms with Crippen molar-refractivity contribution in [3.05, 3.63) is 0 Å². The Morgan fingerprint density at radius 1 is 1.22 bits per heavy atom. The molecule has 0 aliphatic carbocycles. The van der Waals surface area contributed by atoms with Crippen molar-refractivity contribution in [1.29, 1.82) is 0 Å². The molecular weight excluding hydrogens is 238 g/mol. The zero-order valence-electron chi connectivity index (χ0n) is 10.5. The lowest BCUT2D eigenvalue weighted by molar-refractivity contribution is -0.141. The fourth-order valence-electron chi connectivity index (χ4n) is 1.69. The number of carbonyl (C=O) groups is 3. The molecule has 0 unspecified atom stereocenters. The van der Waals surface area contributed by atoms with Crippen molar-refractivity contribution in [2.24, 2.45) is 0 Å². The summed E-state index contributed by atoms with van der Waals surface area (Å²) < 4.78 is 0. The van der Waals surface area contributed by atoms with Crippen molar-refractivity contribution in [3.8, 4) is 0 Å². The highest BCUT2D eigenvalue weighted by Crippen LogP contribution is 2.04. The van der Waals surface area contributed by atoms with Crippen LogP contribution in [0.25, 0.3) is 0 Å². The van der Waals surface area contributed by atoms with Crippen molar-refractivity contribution in [2.45, 2.75) is 44.8 Å². The maximum Gasteiger partial charge on any atom is 0.325 e. The Hall–Kier alpha value is -1.63. The van der Waals surface area contributed by atoms with Crippen molar-refractivity contribution < 1.29 is 19.5 Å². The number of carbonyl (C=O) groups excluding carboxylic acids is 2. The quantitative estimate of drug-likeness (QED) is 0.496. The largest absolute Gasteiger partial charge is 0.480 e. The van der Waals surface area contributed by atoms with Gasteiger partial charge in [0.05, 0.1) is 6.04 Å². The van der Waals surface area contributed by atoms with E-state index in [1.54, 1.807) is 0 Å². The molecule has 0 aromatic carbocycles. The molecule has 1 fully saturated rings. The first-order chi connectivity index (χ1) is 8.41. The van der Waals surface area contributed by atoms with Crippen molar-refractivity contribution in [3.63, 3.8) is 0 Å². The Bertz CT molecular complexity index is 339. The minimum atomic E-state index is -1.11. The molecule has 102 valence electrons. The molecule has 0 saturated carbocycles. The average molecular weight is 257 g/mol. The van der Waals surface area contributed by atoms with Crippen LogP contribution in [0.5, 0.6) is 0 Å². The molecule has 1 aliphatic heterocycles. The Labute approximate surface area is 105 Å². The summed E-state index contributed by atoms with van der Waals surface area (Å²) in [5.74, 6) is -1.84. The summed E-state index contributed by atoms with van der Waals surface area (Å²) >= 11 is 0. The normalized spacial score (nSPS) is 22.0. The average Bonchev–Trinajstić information content (AvgIpc) is 2.81. The van der Waals surface area contributed by atoms with Crippen LogP contribution < -0.4 is 16.0 Å². The van der Waals surface area contributed by atoms with Crippen LogP contribution in [0, 0.1) is 0 Å². The highest BCUT2D eigenvalue weighted by Gasteiger charge is 2.26. The molecule has 0 radical (unpaired) electrons. The van der Waals surface area contributed by atoms with E-state index >= 15 is 0 Å². The maximum atomic E-state index is 11.7. The number of nitrogens with one attached hydrogen (secondary N) is 3. The summed E-state index contributed by atoms with van der Waals surface area (Å²) in [7, 11) is 0. The van der Waals surface area contributed by atoms with E-state index < -0.39 is 24.0 Å². The summed E-state index contributed by atoms with van der Waals surface area (Å²) in [6.07, 6.45) is 1.69. The summed E-state index contributed by atoms with van der Waals surface area (Å²) in [5, 5.41) is 16.5. The van der Waals surface area contributed by atoms with E-state index in [9.17, 15) is 14.4 Å². The van der Waals surface area contributed by atoms with E-state index in [1.807, 2.05) is 0 Å². The second-order valence-corrected chi connectivity index (χ2v) is 4.45. The second-order valence-electron chi connectivity index (χ2n) is 4.45. The molecule has 0 bridgehead atoms. The zero-order valence-corrected chi connectivity index (χ0v) is 10.5. The van der Waals surface area contributed by atoms with Crippen LogP contribution in [-0.2, 0) is 14.4 Å². The molecule has 3 atom stereocenters. The standard InChI is InChI=1S/C11H19N3O4/c1-6(9(15)14-7(2)11(17)18)13-10(16)8-4-3-5-12-8/h6-8,12H,3-5H2,1-2H3,(H,13,16)(H,14,15)(H,17,18)/t6-,7-,8-/m0/s1. The third-order valence-electron chi connectivity index (χ3n) is 2.86. The molecule has 1 aliphatic rings. The summed E-state index contributed by atoms with van der Waals surface area (Å²) in [4.78, 5) is 33.9. The predicted octanol–water partition coefficient (Wildman–Crippen LogP) is -1.17. The Morgan fingerprint density at radius 2 is 1.89 bits per heavy atom. The van der Waals surface area contributed by atoms with E-state index in [-0.39, 0.29) is 11.9 Å². The van der Waals surface area contributed by atoms with Crippen LogP contribution in [0.2, 0.25) is 0 Å². The summed E-state index contributed by atoms with van der Waals surface area (Å²) in [5.41, 5.74) is 0. The molecule has 7 heteroatoms. The van der Waals surface area contributed by atoms with Gasteiger partial charge in [0, 0.05) is 0 Å². The van der Waals surface area contributed by atoms with Crippen LogP contribution in [0.15, 0.2) is 0 Å². The SMILES string of the molecule is C[C@H](NC(=O)[C@H](C)NC(=O)[C@@H]1CCCN1)C(=O)O. The first kappa shape index (κ1) is 14.4. The molecular formula is C11H19N3O4. The molecule has 4 N–H and O–H groups in total. The fraction of sp³-hybridized carbons (Fsp3) is 0.727. The zero-order chi connectivity index (χ0) is 13.7. The van der Waals surface area contributed by atoms with E-state index in [0.29, 0.717) is 0 Å². The van der Waals surface area contributed by atoms with E-state index in [2.05, 4.69) is 16.0 Å². The summed E-state index contributed by atoms with van der Waals surface area (Å²) in [6, 6.07) is -1.97. The van der Waals surface area contributed by atoms with Gasteiger partial charge in [-0.15, -0.1) is 0 Å². The van der Waals surface area contributed by atoms with E-state index in [4.69, 9.17) is 5.11 Å². The smallest absolute Gasteiger partial charge is 0.325 e. The molecule has 1 heterocycles. The van der Waals surface area contributed by atoms with Gasteiger partial charge in [-0.1, -0.05) is 0 Å². The second kappa shape index (κ2) is 6.34. The minimum absolute atomic E-state index is 0.224. The molecule has 18 heavy (non-hydrogen) atoms. The third kappa shape index (κ3) is 3.99. The lowest BCUT2D eigenvalue weighted by atomic mass is 10.2. The minimum Gasteiger partial charge on any atom is -0.480 e. The number of hydrogen-bond acceptors (Lipinski definition) is 4. The fourth-order valence-corrected chi connectivity index (χ4v) is 1.69. The predicted molar refractivity (Wildman–Crippen MR) is 63.9 cm³/mol. The van der Waals surface area contributed by atoms with Gasteiger partial charge in [0.15, 0.2) is 0 Å². The van der Waals surface area contributed by atoms with Crippen LogP contribution in [-0.4, -0.2) is 47.6 Å². The molecule has 2 amide bonds. The van der Waals surface area contributed by atoms with Gasteiger partial charge in [0.1, 0.15) is 12.1 Å². The van der Waals surface area contributed by atoms with Crippen LogP contribution >= 0.6 is 0 Å². The van der Waals surface area contributed by atoms with Gasteiger partial charge in [-0.25, -0.2) is 0 Å². The lowest BCUT2D eigenvalue weighted by Gasteiger charge is -2.18. The van der Waals surface area contributed by atoms with Crippen molar-refractivity contribution in [1.82, 2.24) is 16.0 Å². The lowest BCUT2D eigenvalue weighted by Crippen LogP contribution is -2.52. The molecule has 0 aromatic heterocycles. The van der Waals surface area contributed by atoms with Crippen LogP contribution in [0.1, 0.15) is 26.7 Å². The first-order valence-corrected chi connectivity index (χ1v) is 5.98. The molecule has 7 nitrogen and oxygen atoms in total. The number of carboxylic acid groups (broad SMARTS) is 1. The Balaban J connectivity index is 2.39. The highest BCUT2D eigenvalue weighted by molar-refractivity contribution is 5.91. The first-order valence-electron chi connectivity index (χ1n) is 5.98. The highest BCUT2D eigenvalue weighted by atomic mass is 16.4. The van der Waals surface area contributed by atoms with Gasteiger partial charge in [0.2, 0.25) is 11.8 Å². The monoisotopic (exact) mass is 257 g/mol. The van der Waals surface area contributed by atoms with Crippen molar-refractivity contribution >= 4 is 17.8 Å². The van der Waals surface area contributed by atoms with E-state index in [0.717, 1.165) is 19.4 Å². The third-order valence-corrected chi connectivity index (χ3v) is 2.86. The molecule has 0 spiro atoms. The van der Waals surface area contributed by atoms with Crippen molar-refractivity contribution in [2.75, 3.05) is 6.54 Å². The number of aliphatic carboxylic acids is 1. The van der Waals surface area contributed by atoms with Gasteiger partial charge in [-0.2, -0.15) is 0 Å². The van der Waals surface area contributed by atoms with E-state index in [1.165, 1.54) is 13.8 Å². The van der Waals surface area contributed by atoms with Gasteiger partial charge in [-0.05, 0) is 33.2 Å². The molecule has 0 aromatic rings. The molecule has 1 saturated heterocycles. The Kier molecular flexibility index (Phi) is 5.08. The Morgan fingerprint density at radius 3 is 2.39 bits per heavy atom. The number of hydrogen-bond donors (Lipinski definition) is 4. The van der Waals surface area contributed by atoms with Crippen LogP contribution in [0.4, 0.5) is 0 Å². The summed E-state index contributed by atoms with van der Waals surface area (Å²) in [6.45, 7) is 3.69. The number of rotatable bonds is 5. The number of amides is 2. The number of carboxylic acids is 1. The van der Waals surface area contributed by atoms with Gasteiger partial charge in [0.25, 0.3) is 0 Å². The van der Waals surface area contributed by atoms with Gasteiger partial charge >= 0.3 is 5.97 Å². The topological polar surface area (TPSA) is 108 Å². The van der Waals surface area contributed by atoms with Gasteiger partial charge < -0.3 is 21.1 Å². The van der Waals surface area contributed by atoms with Gasteiger partial charge in [-0.3, -0.25) is 14.4 Å².